The molecule has 2 heterocycles. The van der Waals surface area contributed by atoms with Crippen molar-refractivity contribution in [3.05, 3.63) is 87.5 Å². The summed E-state index contributed by atoms with van der Waals surface area (Å²) in [5.74, 6) is -0.377. The second-order valence-electron chi connectivity index (χ2n) is 7.60. The number of hydrogen-bond acceptors (Lipinski definition) is 3. The maximum Gasteiger partial charge on any atom is 0.256 e. The first-order valence-electron chi connectivity index (χ1n) is 10.2. The van der Waals surface area contributed by atoms with Crippen molar-refractivity contribution < 1.29 is 18.8 Å². The number of amides is 1. The van der Waals surface area contributed by atoms with Gasteiger partial charge in [0.1, 0.15) is 29.9 Å². The third-order valence-corrected chi connectivity index (χ3v) is 6.85. The van der Waals surface area contributed by atoms with E-state index in [0.29, 0.717) is 18.8 Å². The van der Waals surface area contributed by atoms with Crippen molar-refractivity contribution in [2.45, 2.75) is 19.9 Å². The van der Waals surface area contributed by atoms with Crippen molar-refractivity contribution in [3.8, 4) is 0 Å². The molecule has 3 aromatic rings. The van der Waals surface area contributed by atoms with E-state index in [1.807, 2.05) is 24.3 Å². The molecule has 156 valence electrons. The first kappa shape index (κ1) is 20.7. The molecule has 1 aliphatic heterocycles. The van der Waals surface area contributed by atoms with E-state index in [-0.39, 0.29) is 17.8 Å². The SMILES string of the molecule is Cc1sc(NC(=O)c2ccccc2)c([C@H](c2cccc(F)c2)[NH+]2CCOCC2)c1C. The van der Waals surface area contributed by atoms with E-state index in [2.05, 4.69) is 19.2 Å². The normalized spacial score (nSPS) is 15.7. The lowest BCUT2D eigenvalue weighted by molar-refractivity contribution is -0.933. The molecule has 1 atom stereocenters. The first-order chi connectivity index (χ1) is 14.5. The summed E-state index contributed by atoms with van der Waals surface area (Å²) in [4.78, 5) is 15.4. The third-order valence-electron chi connectivity index (χ3n) is 5.71. The molecule has 2 N–H and O–H groups in total. The van der Waals surface area contributed by atoms with Crippen molar-refractivity contribution in [2.75, 3.05) is 31.6 Å². The monoisotopic (exact) mass is 425 g/mol. The molecule has 4 nitrogen and oxygen atoms in total. The van der Waals surface area contributed by atoms with Gasteiger partial charge in [-0.3, -0.25) is 4.79 Å². The van der Waals surface area contributed by atoms with Crippen LogP contribution >= 0.6 is 11.3 Å². The van der Waals surface area contributed by atoms with Gasteiger partial charge in [0, 0.05) is 16.0 Å². The van der Waals surface area contributed by atoms with Crippen molar-refractivity contribution in [2.24, 2.45) is 0 Å². The fourth-order valence-electron chi connectivity index (χ4n) is 4.06. The van der Waals surface area contributed by atoms with Gasteiger partial charge < -0.3 is 15.0 Å². The Balaban J connectivity index is 1.77. The van der Waals surface area contributed by atoms with Crippen LogP contribution in [0.5, 0.6) is 0 Å². The van der Waals surface area contributed by atoms with Gasteiger partial charge >= 0.3 is 0 Å². The lowest BCUT2D eigenvalue weighted by Crippen LogP contribution is -3.14. The van der Waals surface area contributed by atoms with Crippen LogP contribution in [0.25, 0.3) is 0 Å². The van der Waals surface area contributed by atoms with Crippen LogP contribution in [0.15, 0.2) is 54.6 Å². The van der Waals surface area contributed by atoms with Crippen molar-refractivity contribution in [1.82, 2.24) is 0 Å². The van der Waals surface area contributed by atoms with E-state index < -0.39 is 0 Å². The maximum atomic E-state index is 14.1. The summed E-state index contributed by atoms with van der Waals surface area (Å²) in [6, 6.07) is 16.0. The zero-order chi connectivity index (χ0) is 21.1. The fraction of sp³-hybridized carbons (Fsp3) is 0.292. The highest BCUT2D eigenvalue weighted by molar-refractivity contribution is 7.16. The minimum Gasteiger partial charge on any atom is -0.370 e. The van der Waals surface area contributed by atoms with E-state index in [9.17, 15) is 9.18 Å². The van der Waals surface area contributed by atoms with Crippen LogP contribution in [0.2, 0.25) is 0 Å². The molecule has 1 amide bonds. The highest BCUT2D eigenvalue weighted by Gasteiger charge is 2.34. The summed E-state index contributed by atoms with van der Waals surface area (Å²) < 4.78 is 19.7. The lowest BCUT2D eigenvalue weighted by Gasteiger charge is -2.32. The van der Waals surface area contributed by atoms with Gasteiger partial charge in [-0.1, -0.05) is 30.3 Å². The number of nitrogens with one attached hydrogen (secondary N) is 2. The fourth-order valence-corrected chi connectivity index (χ4v) is 5.16. The molecular formula is C24H26FN2O2S+. The number of hydrogen-bond donors (Lipinski definition) is 2. The molecular weight excluding hydrogens is 399 g/mol. The van der Waals surface area contributed by atoms with E-state index in [1.165, 1.54) is 11.0 Å². The van der Waals surface area contributed by atoms with Crippen LogP contribution in [-0.2, 0) is 4.74 Å². The molecule has 1 saturated heterocycles. The Morgan fingerprint density at radius 3 is 2.53 bits per heavy atom. The number of ether oxygens (including phenoxy) is 1. The molecule has 0 saturated carbocycles. The largest absolute Gasteiger partial charge is 0.370 e. The molecule has 30 heavy (non-hydrogen) atoms. The van der Waals surface area contributed by atoms with Crippen LogP contribution in [0.3, 0.4) is 0 Å². The predicted molar refractivity (Wildman–Crippen MR) is 118 cm³/mol. The molecule has 0 bridgehead atoms. The standard InChI is InChI=1S/C24H25FN2O2S/c1-16-17(2)30-24(26-23(28)18-7-4-3-5-8-18)21(16)22(27-11-13-29-14-12-27)19-9-6-10-20(25)15-19/h3-10,15,22H,11-14H2,1-2H3,(H,26,28)/p+1/t22-/m0/s1. The van der Waals surface area contributed by atoms with Gasteiger partial charge in [-0.25, -0.2) is 4.39 Å². The van der Waals surface area contributed by atoms with E-state index in [1.54, 1.807) is 35.6 Å². The van der Waals surface area contributed by atoms with E-state index >= 15 is 0 Å². The summed E-state index contributed by atoms with van der Waals surface area (Å²) >= 11 is 1.58. The van der Waals surface area contributed by atoms with Crippen LogP contribution in [0.1, 0.15) is 38.0 Å². The highest BCUT2D eigenvalue weighted by atomic mass is 32.1. The zero-order valence-corrected chi connectivity index (χ0v) is 18.0. The van der Waals surface area contributed by atoms with Gasteiger partial charge in [0.15, 0.2) is 0 Å². The molecule has 0 unspecified atom stereocenters. The maximum absolute atomic E-state index is 14.1. The second kappa shape index (κ2) is 9.08. The van der Waals surface area contributed by atoms with Crippen LogP contribution in [-0.4, -0.2) is 32.2 Å². The van der Waals surface area contributed by atoms with Gasteiger partial charge in [-0.2, -0.15) is 0 Å². The Kier molecular flexibility index (Phi) is 6.27. The van der Waals surface area contributed by atoms with E-state index in [0.717, 1.165) is 39.7 Å². The molecule has 1 fully saturated rings. The van der Waals surface area contributed by atoms with Crippen molar-refractivity contribution in [3.63, 3.8) is 0 Å². The van der Waals surface area contributed by atoms with Crippen molar-refractivity contribution >= 4 is 22.2 Å². The Hall–Kier alpha value is -2.54. The number of carbonyl (C=O) groups is 1. The lowest BCUT2D eigenvalue weighted by atomic mass is 9.94. The Morgan fingerprint density at radius 1 is 1.10 bits per heavy atom. The summed E-state index contributed by atoms with van der Waals surface area (Å²) in [6.45, 7) is 7.18. The number of aryl methyl sites for hydroxylation is 1. The smallest absolute Gasteiger partial charge is 0.256 e. The Morgan fingerprint density at radius 2 is 1.83 bits per heavy atom. The van der Waals surface area contributed by atoms with Crippen molar-refractivity contribution in [1.29, 1.82) is 0 Å². The number of quaternary nitrogens is 1. The summed E-state index contributed by atoms with van der Waals surface area (Å²) in [7, 11) is 0. The number of anilines is 1. The molecule has 2 aromatic carbocycles. The summed E-state index contributed by atoms with van der Waals surface area (Å²) in [6.07, 6.45) is 0. The average Bonchev–Trinajstić information content (AvgIpc) is 3.03. The Labute approximate surface area is 180 Å². The molecule has 4 rings (SSSR count). The quantitative estimate of drug-likeness (QED) is 0.654. The van der Waals surface area contributed by atoms with Crippen LogP contribution < -0.4 is 10.2 Å². The minimum atomic E-state index is -0.246. The zero-order valence-electron chi connectivity index (χ0n) is 17.2. The molecule has 1 aliphatic rings. The molecule has 0 aliphatic carbocycles. The number of benzene rings is 2. The predicted octanol–water partition coefficient (Wildman–Crippen LogP) is 3.76. The van der Waals surface area contributed by atoms with Crippen LogP contribution in [0, 0.1) is 19.7 Å². The summed E-state index contributed by atoms with van der Waals surface area (Å²) in [5, 5.41) is 3.97. The number of thiophene rings is 1. The van der Waals surface area contributed by atoms with Gasteiger partial charge in [-0.05, 0) is 43.7 Å². The average molecular weight is 426 g/mol. The Bertz CT molecular complexity index is 1030. The third kappa shape index (κ3) is 4.31. The van der Waals surface area contributed by atoms with Crippen LogP contribution in [0.4, 0.5) is 9.39 Å². The number of halogens is 1. The van der Waals surface area contributed by atoms with Gasteiger partial charge in [0.05, 0.1) is 18.8 Å². The topological polar surface area (TPSA) is 42.8 Å². The number of rotatable bonds is 5. The van der Waals surface area contributed by atoms with Gasteiger partial charge in [0.2, 0.25) is 0 Å². The highest BCUT2D eigenvalue weighted by Crippen LogP contribution is 2.38. The minimum absolute atomic E-state index is 0.0689. The second-order valence-corrected chi connectivity index (χ2v) is 8.83. The molecule has 1 aromatic heterocycles. The number of carbonyl (C=O) groups excluding carboxylic acids is 1. The van der Waals surface area contributed by atoms with Gasteiger partial charge in [-0.15, -0.1) is 11.3 Å². The van der Waals surface area contributed by atoms with Gasteiger partial charge in [0.25, 0.3) is 5.91 Å². The van der Waals surface area contributed by atoms with E-state index in [4.69, 9.17) is 4.74 Å². The molecule has 0 radical (unpaired) electrons. The number of morpholine rings is 1. The summed E-state index contributed by atoms with van der Waals surface area (Å²) in [5.41, 5.74) is 3.76. The molecule has 6 heteroatoms. The first-order valence-corrected chi connectivity index (χ1v) is 11.0. The molecule has 0 spiro atoms.